The second-order valence-corrected chi connectivity index (χ2v) is 12.3. The minimum Gasteiger partial charge on any atom is -0.457 e. The second kappa shape index (κ2) is 35.3. The number of ether oxygens (including phenoxy) is 2. The molecule has 1 N–H and O–H groups in total. The molecular weight excluding hydrogens is 508 g/mol. The summed E-state index contributed by atoms with van der Waals surface area (Å²) in [5.41, 5.74) is 0. The Morgan fingerprint density at radius 1 is 0.561 bits per heavy atom. The van der Waals surface area contributed by atoms with Crippen LogP contribution in [0.15, 0.2) is 12.2 Å². The second-order valence-electron chi connectivity index (χ2n) is 12.3. The van der Waals surface area contributed by atoms with Gasteiger partial charge < -0.3 is 14.6 Å². The van der Waals surface area contributed by atoms with Crippen molar-refractivity contribution >= 4 is 5.97 Å². The minimum atomic E-state index is -0.524. The number of allylic oxidation sites excluding steroid dienone is 2. The molecule has 0 heterocycles. The van der Waals surface area contributed by atoms with Gasteiger partial charge >= 0.3 is 5.97 Å². The van der Waals surface area contributed by atoms with E-state index in [1.54, 1.807) is 0 Å². The van der Waals surface area contributed by atoms with Gasteiger partial charge in [-0.1, -0.05) is 161 Å². The average Bonchev–Trinajstić information content (AvgIpc) is 2.98. The third kappa shape index (κ3) is 33.5. The SMILES string of the molecule is CCCCCCCCCC/C=C\CCCCCCCCCCCCCCOCC(CO)OC(=O)CCCCCCC. The van der Waals surface area contributed by atoms with E-state index in [1.165, 1.54) is 154 Å². The predicted octanol–water partition coefficient (Wildman–Crippen LogP) is 11.4. The Balaban J connectivity index is 3.29. The molecule has 0 aliphatic rings. The number of unbranched alkanes of at least 4 members (excludes halogenated alkanes) is 24. The monoisotopic (exact) mass is 581 g/mol. The molecule has 41 heavy (non-hydrogen) atoms. The van der Waals surface area contributed by atoms with Crippen LogP contribution in [-0.2, 0) is 14.3 Å². The largest absolute Gasteiger partial charge is 0.457 e. The Hall–Kier alpha value is -0.870. The molecule has 0 spiro atoms. The summed E-state index contributed by atoms with van der Waals surface area (Å²) in [7, 11) is 0. The standard InChI is InChI=1S/C37H72O4/c1-3-5-7-9-10-11-12-13-14-15-16-17-18-19-20-21-22-23-24-25-26-27-29-31-33-40-35-36(34-38)41-37(39)32-30-28-8-6-4-2/h15-16,36,38H,3-14,17-35H2,1-2H3/b16-15-. The van der Waals surface area contributed by atoms with E-state index in [1.807, 2.05) is 0 Å². The number of esters is 1. The van der Waals surface area contributed by atoms with E-state index in [2.05, 4.69) is 26.0 Å². The smallest absolute Gasteiger partial charge is 0.306 e. The molecule has 4 heteroatoms. The summed E-state index contributed by atoms with van der Waals surface area (Å²) in [6, 6.07) is 0. The van der Waals surface area contributed by atoms with Crippen LogP contribution in [0.4, 0.5) is 0 Å². The summed E-state index contributed by atoms with van der Waals surface area (Å²) in [4.78, 5) is 11.9. The van der Waals surface area contributed by atoms with Crippen molar-refractivity contribution in [2.45, 2.75) is 200 Å². The summed E-state index contributed by atoms with van der Waals surface area (Å²) in [6.45, 7) is 5.28. The van der Waals surface area contributed by atoms with Gasteiger partial charge in [-0.05, 0) is 38.5 Å². The number of aliphatic hydroxyl groups excluding tert-OH is 1. The third-order valence-electron chi connectivity index (χ3n) is 8.09. The molecule has 0 aliphatic carbocycles. The number of hydrogen-bond donors (Lipinski definition) is 1. The van der Waals surface area contributed by atoms with E-state index in [9.17, 15) is 9.90 Å². The van der Waals surface area contributed by atoms with Crippen LogP contribution in [-0.4, -0.2) is 37.0 Å². The molecular formula is C37H72O4. The highest BCUT2D eigenvalue weighted by Crippen LogP contribution is 2.14. The van der Waals surface area contributed by atoms with E-state index in [0.29, 0.717) is 19.6 Å². The molecule has 0 aromatic carbocycles. The summed E-state index contributed by atoms with van der Waals surface area (Å²) in [6.07, 6.45) is 40.1. The molecule has 0 aliphatic heterocycles. The van der Waals surface area contributed by atoms with Gasteiger partial charge in [0.2, 0.25) is 0 Å². The number of carbonyl (C=O) groups excluding carboxylic acids is 1. The molecule has 0 aromatic heterocycles. The van der Waals surface area contributed by atoms with Crippen molar-refractivity contribution in [2.24, 2.45) is 0 Å². The van der Waals surface area contributed by atoms with Gasteiger partial charge in [0.1, 0.15) is 6.10 Å². The number of hydrogen-bond acceptors (Lipinski definition) is 4. The lowest BCUT2D eigenvalue weighted by molar-refractivity contribution is -0.154. The van der Waals surface area contributed by atoms with Crippen LogP contribution >= 0.6 is 0 Å². The van der Waals surface area contributed by atoms with Crippen molar-refractivity contribution in [3.63, 3.8) is 0 Å². The van der Waals surface area contributed by atoms with Gasteiger partial charge in [0.15, 0.2) is 0 Å². The van der Waals surface area contributed by atoms with Crippen molar-refractivity contribution in [1.82, 2.24) is 0 Å². The van der Waals surface area contributed by atoms with Gasteiger partial charge in [0.25, 0.3) is 0 Å². The predicted molar refractivity (Wildman–Crippen MR) is 178 cm³/mol. The van der Waals surface area contributed by atoms with Crippen molar-refractivity contribution in [3.05, 3.63) is 12.2 Å². The first-order valence-electron chi connectivity index (χ1n) is 18.3. The van der Waals surface area contributed by atoms with E-state index >= 15 is 0 Å². The number of carbonyl (C=O) groups is 1. The molecule has 0 bridgehead atoms. The summed E-state index contributed by atoms with van der Waals surface area (Å²) in [5.74, 6) is -0.212. The first-order chi connectivity index (χ1) is 20.2. The van der Waals surface area contributed by atoms with Gasteiger partial charge in [0.05, 0.1) is 13.2 Å². The Morgan fingerprint density at radius 2 is 0.951 bits per heavy atom. The van der Waals surface area contributed by atoms with Crippen LogP contribution in [0.2, 0.25) is 0 Å². The summed E-state index contributed by atoms with van der Waals surface area (Å²) >= 11 is 0. The quantitative estimate of drug-likeness (QED) is 0.0467. The number of rotatable bonds is 34. The first-order valence-corrected chi connectivity index (χ1v) is 18.3. The highest BCUT2D eigenvalue weighted by atomic mass is 16.6. The molecule has 0 fully saturated rings. The lowest BCUT2D eigenvalue weighted by Gasteiger charge is -2.15. The Morgan fingerprint density at radius 3 is 1.39 bits per heavy atom. The topological polar surface area (TPSA) is 55.8 Å². The highest BCUT2D eigenvalue weighted by molar-refractivity contribution is 5.69. The first kappa shape index (κ1) is 40.1. The van der Waals surface area contributed by atoms with E-state index < -0.39 is 6.10 Å². The minimum absolute atomic E-state index is 0.168. The van der Waals surface area contributed by atoms with Gasteiger partial charge in [-0.2, -0.15) is 0 Å². The van der Waals surface area contributed by atoms with Crippen molar-refractivity contribution in [2.75, 3.05) is 19.8 Å². The average molecular weight is 581 g/mol. The van der Waals surface area contributed by atoms with Crippen LogP contribution in [0.5, 0.6) is 0 Å². The van der Waals surface area contributed by atoms with Gasteiger partial charge in [-0.25, -0.2) is 0 Å². The van der Waals surface area contributed by atoms with E-state index in [4.69, 9.17) is 9.47 Å². The lowest BCUT2D eigenvalue weighted by atomic mass is 10.0. The molecule has 244 valence electrons. The van der Waals surface area contributed by atoms with Crippen LogP contribution in [0.1, 0.15) is 194 Å². The third-order valence-corrected chi connectivity index (χ3v) is 8.09. The molecule has 1 atom stereocenters. The summed E-state index contributed by atoms with van der Waals surface area (Å²) < 4.78 is 11.0. The normalized spacial score (nSPS) is 12.4. The molecule has 0 amide bonds. The van der Waals surface area contributed by atoms with Crippen LogP contribution < -0.4 is 0 Å². The molecule has 0 radical (unpaired) electrons. The fraction of sp³-hybridized carbons (Fsp3) is 0.919. The fourth-order valence-corrected chi connectivity index (χ4v) is 5.32. The van der Waals surface area contributed by atoms with Gasteiger partial charge in [-0.15, -0.1) is 0 Å². The molecule has 0 rings (SSSR count). The maximum atomic E-state index is 11.9. The van der Waals surface area contributed by atoms with Crippen LogP contribution in [0, 0.1) is 0 Å². The molecule has 4 nitrogen and oxygen atoms in total. The molecule has 0 saturated heterocycles. The Kier molecular flexibility index (Phi) is 34.6. The molecule has 1 unspecified atom stereocenters. The van der Waals surface area contributed by atoms with E-state index in [-0.39, 0.29) is 12.6 Å². The zero-order valence-electron chi connectivity index (χ0n) is 27.8. The summed E-state index contributed by atoms with van der Waals surface area (Å²) in [5, 5.41) is 9.45. The van der Waals surface area contributed by atoms with Crippen molar-refractivity contribution < 1.29 is 19.4 Å². The maximum absolute atomic E-state index is 11.9. The zero-order chi connectivity index (χ0) is 29.9. The van der Waals surface area contributed by atoms with Crippen LogP contribution in [0.25, 0.3) is 0 Å². The van der Waals surface area contributed by atoms with Crippen molar-refractivity contribution in [1.29, 1.82) is 0 Å². The lowest BCUT2D eigenvalue weighted by Crippen LogP contribution is -2.27. The zero-order valence-corrected chi connectivity index (χ0v) is 27.8. The molecule has 0 aromatic rings. The van der Waals surface area contributed by atoms with E-state index in [0.717, 1.165) is 19.3 Å². The van der Waals surface area contributed by atoms with Crippen molar-refractivity contribution in [3.8, 4) is 0 Å². The highest BCUT2D eigenvalue weighted by Gasteiger charge is 2.13. The molecule has 0 saturated carbocycles. The van der Waals surface area contributed by atoms with Crippen LogP contribution in [0.3, 0.4) is 0 Å². The maximum Gasteiger partial charge on any atom is 0.306 e. The Labute approximate surface area is 256 Å². The fourth-order valence-electron chi connectivity index (χ4n) is 5.32. The van der Waals surface area contributed by atoms with Gasteiger partial charge in [-0.3, -0.25) is 4.79 Å². The Bertz CT molecular complexity index is 533. The number of aliphatic hydroxyl groups is 1. The van der Waals surface area contributed by atoms with Gasteiger partial charge in [0, 0.05) is 13.0 Å².